The molecule has 2 saturated heterocycles. The van der Waals surface area contributed by atoms with Gasteiger partial charge in [0.05, 0.1) is 12.6 Å². The maximum Gasteiger partial charge on any atom is 0.275 e. The molecule has 0 aliphatic carbocycles. The second-order valence-electron chi connectivity index (χ2n) is 7.15. The molecule has 0 saturated carbocycles. The molecule has 1 atom stereocenters. The zero-order valence-corrected chi connectivity index (χ0v) is 15.2. The molecule has 0 radical (unpaired) electrons. The van der Waals surface area contributed by atoms with Gasteiger partial charge < -0.3 is 14.4 Å². The number of aliphatic hydroxyl groups excluding tert-OH is 1. The lowest BCUT2D eigenvalue weighted by Crippen LogP contribution is -2.48. The molecule has 0 unspecified atom stereocenters. The molecule has 0 aromatic carbocycles. The predicted octanol–water partition coefficient (Wildman–Crippen LogP) is 1.19. The molecule has 1 N–H and O–H groups in total. The summed E-state index contributed by atoms with van der Waals surface area (Å²) in [5.74, 6) is 0.601. The minimum atomic E-state index is -0.220. The van der Waals surface area contributed by atoms with Crippen LogP contribution >= 0.6 is 0 Å². The molecule has 2 aliphatic rings. The van der Waals surface area contributed by atoms with Crippen molar-refractivity contribution in [3.63, 3.8) is 0 Å². The minimum absolute atomic E-state index is 0.0118. The average molecular weight is 350 g/mol. The van der Waals surface area contributed by atoms with Crippen molar-refractivity contribution < 1.29 is 14.3 Å². The number of nitrogens with zero attached hydrogens (tertiary/aromatic N) is 4. The van der Waals surface area contributed by atoms with Gasteiger partial charge in [0.25, 0.3) is 5.91 Å². The SMILES string of the molecule is CCC[C@@H](O)CN1CCN(Cc2nc(C(=O)N3CCCC3)co2)CC1. The van der Waals surface area contributed by atoms with Crippen molar-refractivity contribution in [2.24, 2.45) is 0 Å². The van der Waals surface area contributed by atoms with Crippen LogP contribution in [0.15, 0.2) is 10.7 Å². The molecule has 140 valence electrons. The van der Waals surface area contributed by atoms with E-state index < -0.39 is 0 Å². The quantitative estimate of drug-likeness (QED) is 0.796. The number of rotatable bonds is 7. The molecule has 2 fully saturated rings. The normalized spacial score (nSPS) is 21.0. The number of oxazole rings is 1. The molecule has 0 bridgehead atoms. The third-order valence-electron chi connectivity index (χ3n) is 5.08. The first kappa shape index (κ1) is 18.4. The molecule has 3 rings (SSSR count). The highest BCUT2D eigenvalue weighted by molar-refractivity contribution is 5.92. The van der Waals surface area contributed by atoms with Crippen molar-refractivity contribution in [2.75, 3.05) is 45.8 Å². The number of piperazine rings is 1. The standard InChI is InChI=1S/C18H30N4O3/c1-2-5-15(23)12-20-8-10-21(11-9-20)13-17-19-16(14-25-17)18(24)22-6-3-4-7-22/h14-15,23H,2-13H2,1H3/t15-/m1/s1. The third-order valence-corrected chi connectivity index (χ3v) is 5.08. The van der Waals surface area contributed by atoms with Crippen LogP contribution in [-0.2, 0) is 6.54 Å². The molecular weight excluding hydrogens is 320 g/mol. The summed E-state index contributed by atoms with van der Waals surface area (Å²) in [6, 6.07) is 0. The zero-order valence-electron chi connectivity index (χ0n) is 15.2. The number of aliphatic hydroxyl groups is 1. The largest absolute Gasteiger partial charge is 0.447 e. The summed E-state index contributed by atoms with van der Waals surface area (Å²) in [5, 5.41) is 9.93. The van der Waals surface area contributed by atoms with Crippen molar-refractivity contribution in [3.05, 3.63) is 17.8 Å². The maximum atomic E-state index is 12.3. The Labute approximate surface area is 149 Å². The number of carbonyl (C=O) groups is 1. The van der Waals surface area contributed by atoms with Gasteiger partial charge in [-0.2, -0.15) is 0 Å². The van der Waals surface area contributed by atoms with Gasteiger partial charge in [-0.05, 0) is 19.3 Å². The van der Waals surface area contributed by atoms with Gasteiger partial charge in [-0.25, -0.2) is 4.98 Å². The summed E-state index contributed by atoms with van der Waals surface area (Å²) < 4.78 is 5.52. The number of hydrogen-bond donors (Lipinski definition) is 1. The lowest BCUT2D eigenvalue weighted by atomic mass is 10.2. The molecule has 1 aromatic heterocycles. The number of carbonyl (C=O) groups excluding carboxylic acids is 1. The average Bonchev–Trinajstić information content (AvgIpc) is 3.28. The zero-order chi connectivity index (χ0) is 17.6. The summed E-state index contributed by atoms with van der Waals surface area (Å²) in [6.07, 6.45) is 5.31. The molecule has 0 spiro atoms. The fraction of sp³-hybridized carbons (Fsp3) is 0.778. The summed E-state index contributed by atoms with van der Waals surface area (Å²) in [5.41, 5.74) is 0.429. The number of amides is 1. The molecule has 1 aromatic rings. The minimum Gasteiger partial charge on any atom is -0.447 e. The van der Waals surface area contributed by atoms with Crippen LogP contribution in [-0.4, -0.2) is 82.6 Å². The Morgan fingerprint density at radius 1 is 1.20 bits per heavy atom. The van der Waals surface area contributed by atoms with Crippen molar-refractivity contribution in [3.8, 4) is 0 Å². The molecule has 7 heteroatoms. The van der Waals surface area contributed by atoms with Crippen molar-refractivity contribution >= 4 is 5.91 Å². The Morgan fingerprint density at radius 2 is 1.88 bits per heavy atom. The summed E-state index contributed by atoms with van der Waals surface area (Å²) in [7, 11) is 0. The van der Waals surface area contributed by atoms with Gasteiger partial charge in [0.1, 0.15) is 6.26 Å². The van der Waals surface area contributed by atoms with Gasteiger partial charge in [0.15, 0.2) is 5.69 Å². The topological polar surface area (TPSA) is 73.1 Å². The smallest absolute Gasteiger partial charge is 0.275 e. The first-order valence-corrected chi connectivity index (χ1v) is 9.52. The van der Waals surface area contributed by atoms with Crippen LogP contribution < -0.4 is 0 Å². The fourth-order valence-corrected chi connectivity index (χ4v) is 3.61. The molecular formula is C18H30N4O3. The van der Waals surface area contributed by atoms with Gasteiger partial charge in [0.2, 0.25) is 5.89 Å². The molecule has 7 nitrogen and oxygen atoms in total. The van der Waals surface area contributed by atoms with Crippen LogP contribution in [0.25, 0.3) is 0 Å². The van der Waals surface area contributed by atoms with E-state index in [9.17, 15) is 9.90 Å². The lowest BCUT2D eigenvalue weighted by molar-refractivity contribution is 0.0634. The summed E-state index contributed by atoms with van der Waals surface area (Å²) >= 11 is 0. The number of likely N-dealkylation sites (tertiary alicyclic amines) is 1. The third kappa shape index (κ3) is 5.03. The van der Waals surface area contributed by atoms with Gasteiger partial charge in [-0.15, -0.1) is 0 Å². The number of aromatic nitrogens is 1. The summed E-state index contributed by atoms with van der Waals surface area (Å²) in [4.78, 5) is 23.2. The van der Waals surface area contributed by atoms with Crippen LogP contribution in [0.4, 0.5) is 0 Å². The Bertz CT molecular complexity index is 548. The first-order valence-electron chi connectivity index (χ1n) is 9.52. The van der Waals surface area contributed by atoms with E-state index in [2.05, 4.69) is 21.7 Å². The molecule has 2 aliphatic heterocycles. The van der Waals surface area contributed by atoms with Crippen LogP contribution in [0, 0.1) is 0 Å². The van der Waals surface area contributed by atoms with Gasteiger partial charge >= 0.3 is 0 Å². The van der Waals surface area contributed by atoms with E-state index >= 15 is 0 Å². The number of β-amino-alcohol motifs (C(OH)–C–C–N with tert-alkyl or cyclic N) is 1. The van der Waals surface area contributed by atoms with Crippen molar-refractivity contribution in [1.29, 1.82) is 0 Å². The molecule has 3 heterocycles. The van der Waals surface area contributed by atoms with Crippen LogP contribution in [0.2, 0.25) is 0 Å². The van der Waals surface area contributed by atoms with E-state index in [-0.39, 0.29) is 12.0 Å². The van der Waals surface area contributed by atoms with Crippen molar-refractivity contribution in [2.45, 2.75) is 45.3 Å². The second-order valence-corrected chi connectivity index (χ2v) is 7.15. The Hall–Kier alpha value is -1.44. The van der Waals surface area contributed by atoms with Crippen LogP contribution in [0.5, 0.6) is 0 Å². The fourth-order valence-electron chi connectivity index (χ4n) is 3.61. The molecule has 25 heavy (non-hydrogen) atoms. The Balaban J connectivity index is 1.44. The van der Waals surface area contributed by atoms with E-state index in [0.717, 1.165) is 71.5 Å². The van der Waals surface area contributed by atoms with E-state index in [4.69, 9.17) is 4.42 Å². The Morgan fingerprint density at radius 3 is 2.56 bits per heavy atom. The van der Waals surface area contributed by atoms with E-state index in [1.807, 2.05) is 4.90 Å². The lowest BCUT2D eigenvalue weighted by Gasteiger charge is -2.34. The van der Waals surface area contributed by atoms with Crippen LogP contribution in [0.3, 0.4) is 0 Å². The highest BCUT2D eigenvalue weighted by Gasteiger charge is 2.24. The van der Waals surface area contributed by atoms with E-state index in [1.165, 1.54) is 6.26 Å². The van der Waals surface area contributed by atoms with Crippen molar-refractivity contribution in [1.82, 2.24) is 19.7 Å². The van der Waals surface area contributed by atoms with Crippen LogP contribution in [0.1, 0.15) is 49.0 Å². The number of hydrogen-bond acceptors (Lipinski definition) is 6. The maximum absolute atomic E-state index is 12.3. The van der Waals surface area contributed by atoms with Gasteiger partial charge in [0, 0.05) is 45.8 Å². The Kier molecular flexibility index (Phi) is 6.45. The van der Waals surface area contributed by atoms with E-state index in [1.54, 1.807) is 0 Å². The highest BCUT2D eigenvalue weighted by Crippen LogP contribution is 2.14. The highest BCUT2D eigenvalue weighted by atomic mass is 16.3. The molecule has 1 amide bonds. The first-order chi connectivity index (χ1) is 12.2. The monoisotopic (exact) mass is 350 g/mol. The van der Waals surface area contributed by atoms with E-state index in [0.29, 0.717) is 18.1 Å². The van der Waals surface area contributed by atoms with Gasteiger partial charge in [-0.3, -0.25) is 14.6 Å². The predicted molar refractivity (Wildman–Crippen MR) is 94.3 cm³/mol. The van der Waals surface area contributed by atoms with Gasteiger partial charge in [-0.1, -0.05) is 13.3 Å². The summed E-state index contributed by atoms with van der Waals surface area (Å²) in [6.45, 7) is 8.89. The second kappa shape index (κ2) is 8.78.